The van der Waals surface area contributed by atoms with Crippen LogP contribution in [0.3, 0.4) is 0 Å². The van der Waals surface area contributed by atoms with Crippen molar-refractivity contribution in [2.75, 3.05) is 0 Å². The van der Waals surface area contributed by atoms with Gasteiger partial charge in [0.1, 0.15) is 0 Å². The molecule has 0 unspecified atom stereocenters. The second-order valence-electron chi connectivity index (χ2n) is 4.67. The van der Waals surface area contributed by atoms with Gasteiger partial charge >= 0.3 is 0 Å². The van der Waals surface area contributed by atoms with Crippen LogP contribution in [0.4, 0.5) is 0 Å². The van der Waals surface area contributed by atoms with Crippen LogP contribution < -0.4 is 0 Å². The molecule has 0 aliphatic rings. The Morgan fingerprint density at radius 2 is 1.53 bits per heavy atom. The van der Waals surface area contributed by atoms with Gasteiger partial charge < -0.3 is 0 Å². The van der Waals surface area contributed by atoms with E-state index < -0.39 is 0 Å². The number of aryl methyl sites for hydroxylation is 1. The average molecular weight is 271 g/mol. The Balaban J connectivity index is 0.00000180. The Hall–Kier alpha value is -1.54. The maximum atomic E-state index is 4.76. The van der Waals surface area contributed by atoms with Crippen molar-refractivity contribution in [2.24, 2.45) is 4.99 Å². The largest absolute Gasteiger partial charge is 0.282 e. The fraction of sp³-hybridized carbons (Fsp3) is 0.235. The molecule has 0 spiro atoms. The Labute approximate surface area is 122 Å². The molecule has 2 heteroatoms. The molecular weight excluding hydrogens is 250 g/mol. The van der Waals surface area contributed by atoms with Gasteiger partial charge in [0, 0.05) is 5.71 Å². The van der Waals surface area contributed by atoms with Crippen LogP contribution in [0.25, 0.3) is 0 Å². The van der Waals surface area contributed by atoms with Crippen molar-refractivity contribution in [3.63, 3.8) is 0 Å². The monoisotopic (exact) mass is 271 g/mol. The van der Waals surface area contributed by atoms with E-state index in [9.17, 15) is 0 Å². The molecule has 2 rings (SSSR count). The van der Waals surface area contributed by atoms with Crippen LogP contribution in [0.1, 0.15) is 36.6 Å². The Morgan fingerprint density at radius 3 is 2.11 bits per heavy atom. The Morgan fingerprint density at radius 1 is 0.947 bits per heavy atom. The van der Waals surface area contributed by atoms with Crippen molar-refractivity contribution in [1.82, 2.24) is 0 Å². The smallest absolute Gasteiger partial charge is 0.0724 e. The zero-order chi connectivity index (χ0) is 13.0. The van der Waals surface area contributed by atoms with Gasteiger partial charge in [-0.15, -0.1) is 0 Å². The lowest BCUT2D eigenvalue weighted by Crippen LogP contribution is -1.99. The number of hydrogen-bond donors (Lipinski definition) is 0. The molecule has 1 nitrogen and oxygen atoms in total. The third kappa shape index (κ3) is 4.25. The molecule has 0 aliphatic heterocycles. The van der Waals surface area contributed by atoms with Gasteiger partial charge in [-0.05, 0) is 31.9 Å². The summed E-state index contributed by atoms with van der Waals surface area (Å²) >= 11 is 0. The summed E-state index contributed by atoms with van der Waals surface area (Å²) in [7, 11) is 0. The Bertz CT molecular complexity index is 529. The number of rotatable bonds is 3. The molecular formula is C17H21NS. The summed E-state index contributed by atoms with van der Waals surface area (Å²) in [6, 6.07) is 19.1. The van der Waals surface area contributed by atoms with Crippen molar-refractivity contribution in [1.29, 1.82) is 0 Å². The van der Waals surface area contributed by atoms with Crippen molar-refractivity contribution in [3.05, 3.63) is 71.3 Å². The van der Waals surface area contributed by atoms with E-state index in [1.54, 1.807) is 0 Å². The summed E-state index contributed by atoms with van der Waals surface area (Å²) in [6.07, 6.45) is 0. The lowest BCUT2D eigenvalue weighted by Gasteiger charge is -2.09. The lowest BCUT2D eigenvalue weighted by atomic mass is 10.1. The van der Waals surface area contributed by atoms with E-state index in [0.717, 1.165) is 5.71 Å². The molecule has 0 saturated heterocycles. The van der Waals surface area contributed by atoms with Gasteiger partial charge in [-0.2, -0.15) is 13.5 Å². The van der Waals surface area contributed by atoms with Gasteiger partial charge in [0.25, 0.3) is 0 Å². The van der Waals surface area contributed by atoms with Gasteiger partial charge in [0.05, 0.1) is 6.04 Å². The second-order valence-corrected chi connectivity index (χ2v) is 4.67. The average Bonchev–Trinajstić information content (AvgIpc) is 2.40. The van der Waals surface area contributed by atoms with Crippen molar-refractivity contribution in [3.8, 4) is 0 Å². The van der Waals surface area contributed by atoms with Crippen molar-refractivity contribution >= 4 is 19.2 Å². The summed E-state index contributed by atoms with van der Waals surface area (Å²) in [5.74, 6) is 0. The molecule has 2 aromatic carbocycles. The second kappa shape index (κ2) is 7.15. The fourth-order valence-corrected chi connectivity index (χ4v) is 1.97. The molecule has 1 atom stereocenters. The standard InChI is InChI=1S/C17H19N.H2S/c1-13-9-11-17(12-10-13)15(3)18-14(2)16-7-5-4-6-8-16;/h4-12,14H,1-3H3;1H2/t14-;/m0./s1. The molecule has 0 bridgehead atoms. The number of hydrogen-bond acceptors (Lipinski definition) is 1. The van der Waals surface area contributed by atoms with Gasteiger partial charge in [0.2, 0.25) is 0 Å². The highest BCUT2D eigenvalue weighted by Gasteiger charge is 2.04. The summed E-state index contributed by atoms with van der Waals surface area (Å²) in [5, 5.41) is 0. The van der Waals surface area contributed by atoms with Crippen LogP contribution in [0.2, 0.25) is 0 Å². The topological polar surface area (TPSA) is 12.4 Å². The molecule has 19 heavy (non-hydrogen) atoms. The van der Waals surface area contributed by atoms with Crippen LogP contribution in [-0.2, 0) is 0 Å². The predicted molar refractivity (Wildman–Crippen MR) is 88.6 cm³/mol. The van der Waals surface area contributed by atoms with E-state index in [-0.39, 0.29) is 19.5 Å². The molecule has 2 aromatic rings. The zero-order valence-corrected chi connectivity index (χ0v) is 12.7. The lowest BCUT2D eigenvalue weighted by molar-refractivity contribution is 0.819. The first kappa shape index (κ1) is 15.5. The number of nitrogens with zero attached hydrogens (tertiary/aromatic N) is 1. The summed E-state index contributed by atoms with van der Waals surface area (Å²) in [5.41, 5.74) is 4.82. The van der Waals surface area contributed by atoms with E-state index >= 15 is 0 Å². The molecule has 0 aliphatic carbocycles. The maximum Gasteiger partial charge on any atom is 0.0724 e. The fourth-order valence-electron chi connectivity index (χ4n) is 1.97. The van der Waals surface area contributed by atoms with E-state index in [2.05, 4.69) is 69.3 Å². The van der Waals surface area contributed by atoms with E-state index in [4.69, 9.17) is 4.99 Å². The Kier molecular flexibility index (Phi) is 5.84. The third-order valence-electron chi connectivity index (χ3n) is 3.14. The molecule has 0 aromatic heterocycles. The number of benzene rings is 2. The van der Waals surface area contributed by atoms with Gasteiger partial charge in [-0.25, -0.2) is 0 Å². The first-order valence-corrected chi connectivity index (χ1v) is 6.33. The predicted octanol–water partition coefficient (Wildman–Crippen LogP) is 4.68. The first-order valence-electron chi connectivity index (χ1n) is 6.33. The molecule has 100 valence electrons. The van der Waals surface area contributed by atoms with Crippen LogP contribution in [0.15, 0.2) is 59.6 Å². The zero-order valence-electron chi connectivity index (χ0n) is 11.7. The third-order valence-corrected chi connectivity index (χ3v) is 3.14. The highest BCUT2D eigenvalue weighted by molar-refractivity contribution is 7.59. The normalized spacial score (nSPS) is 12.7. The van der Waals surface area contributed by atoms with Crippen LogP contribution in [-0.4, -0.2) is 5.71 Å². The summed E-state index contributed by atoms with van der Waals surface area (Å²) in [6.45, 7) is 6.31. The molecule has 0 N–H and O–H groups in total. The van der Waals surface area contributed by atoms with Crippen LogP contribution in [0.5, 0.6) is 0 Å². The minimum absolute atomic E-state index is 0. The van der Waals surface area contributed by atoms with E-state index in [0.29, 0.717) is 0 Å². The van der Waals surface area contributed by atoms with Gasteiger partial charge in [0.15, 0.2) is 0 Å². The van der Waals surface area contributed by atoms with Crippen LogP contribution in [0, 0.1) is 6.92 Å². The number of aliphatic imine (C=N–C) groups is 1. The SMILES string of the molecule is CC(=N[C@@H](C)c1ccccc1)c1ccc(C)cc1.S. The van der Waals surface area contributed by atoms with Gasteiger partial charge in [-0.1, -0.05) is 60.2 Å². The van der Waals surface area contributed by atoms with Crippen molar-refractivity contribution < 1.29 is 0 Å². The van der Waals surface area contributed by atoms with Gasteiger partial charge in [-0.3, -0.25) is 4.99 Å². The maximum absolute atomic E-state index is 4.76. The molecule has 0 radical (unpaired) electrons. The quantitative estimate of drug-likeness (QED) is 0.719. The molecule has 0 fully saturated rings. The van der Waals surface area contributed by atoms with Crippen molar-refractivity contribution in [2.45, 2.75) is 26.8 Å². The first-order chi connectivity index (χ1) is 8.66. The minimum atomic E-state index is 0. The minimum Gasteiger partial charge on any atom is -0.282 e. The molecule has 0 heterocycles. The van der Waals surface area contributed by atoms with Crippen LogP contribution >= 0.6 is 13.5 Å². The summed E-state index contributed by atoms with van der Waals surface area (Å²) < 4.78 is 0. The molecule has 0 saturated carbocycles. The highest BCUT2D eigenvalue weighted by Crippen LogP contribution is 2.17. The molecule has 0 amide bonds. The summed E-state index contributed by atoms with van der Waals surface area (Å²) in [4.78, 5) is 4.76. The van der Waals surface area contributed by atoms with E-state index in [1.807, 2.05) is 6.07 Å². The highest BCUT2D eigenvalue weighted by atomic mass is 32.1. The van der Waals surface area contributed by atoms with E-state index in [1.165, 1.54) is 16.7 Å².